The minimum absolute atomic E-state index is 0.0347. The fourth-order valence-corrected chi connectivity index (χ4v) is 2.86. The first-order valence-corrected chi connectivity index (χ1v) is 8.05. The van der Waals surface area contributed by atoms with Gasteiger partial charge >= 0.3 is 6.36 Å². The maximum Gasteiger partial charge on any atom is 0.573 e. The Kier molecular flexibility index (Phi) is 4.96. The average molecular weight is 345 g/mol. The number of hydrogen-bond donors (Lipinski definition) is 1. The smallest absolute Gasteiger partial charge is 0.406 e. The van der Waals surface area contributed by atoms with Crippen LogP contribution in [0.4, 0.5) is 13.2 Å². The molecule has 0 spiro atoms. The lowest BCUT2D eigenvalue weighted by Crippen LogP contribution is -2.23. The predicted octanol–water partition coefficient (Wildman–Crippen LogP) is 3.37. The zero-order valence-corrected chi connectivity index (χ0v) is 12.9. The largest absolute Gasteiger partial charge is 0.573 e. The highest BCUT2D eigenvalue weighted by Crippen LogP contribution is 2.24. The summed E-state index contributed by atoms with van der Waals surface area (Å²) in [5, 5.41) is 0. The number of alkyl halides is 3. The quantitative estimate of drug-likeness (QED) is 0.904. The molecule has 0 saturated carbocycles. The molecule has 0 aliphatic carbocycles. The standard InChI is InChI=1S/C15H14F3NO3S/c1-11-5-7-12(8-6-11)10-19-23(20,21)14-4-2-3-13(9-14)22-15(16,17)18/h2-9,19H,10H2,1H3. The minimum atomic E-state index is -4.88. The van der Waals surface area contributed by atoms with E-state index in [4.69, 9.17) is 0 Å². The van der Waals surface area contributed by atoms with E-state index in [2.05, 4.69) is 9.46 Å². The molecule has 0 bridgehead atoms. The molecule has 2 aromatic carbocycles. The Morgan fingerprint density at radius 1 is 1.09 bits per heavy atom. The first-order valence-electron chi connectivity index (χ1n) is 6.57. The molecule has 1 N–H and O–H groups in total. The van der Waals surface area contributed by atoms with Gasteiger partial charge in [0.2, 0.25) is 10.0 Å². The molecule has 2 rings (SSSR count). The van der Waals surface area contributed by atoms with Crippen molar-refractivity contribution in [3.8, 4) is 5.75 Å². The van der Waals surface area contributed by atoms with Crippen LogP contribution in [-0.4, -0.2) is 14.8 Å². The fraction of sp³-hybridized carbons (Fsp3) is 0.200. The van der Waals surface area contributed by atoms with E-state index in [1.54, 1.807) is 12.1 Å². The Labute approximate surface area is 132 Å². The molecule has 0 atom stereocenters. The number of rotatable bonds is 5. The molecule has 0 saturated heterocycles. The van der Waals surface area contributed by atoms with Crippen molar-refractivity contribution in [3.63, 3.8) is 0 Å². The molecule has 0 heterocycles. The molecule has 4 nitrogen and oxygen atoms in total. The summed E-state index contributed by atoms with van der Waals surface area (Å²) in [4.78, 5) is -0.300. The van der Waals surface area contributed by atoms with E-state index >= 15 is 0 Å². The third-order valence-corrected chi connectivity index (χ3v) is 4.34. The Balaban J connectivity index is 2.13. The summed E-state index contributed by atoms with van der Waals surface area (Å²) in [7, 11) is -3.94. The number of aryl methyl sites for hydroxylation is 1. The lowest BCUT2D eigenvalue weighted by Gasteiger charge is -2.11. The van der Waals surface area contributed by atoms with E-state index < -0.39 is 22.1 Å². The minimum Gasteiger partial charge on any atom is -0.406 e. The molecule has 2 aromatic rings. The Morgan fingerprint density at radius 2 is 1.74 bits per heavy atom. The molecule has 0 fully saturated rings. The van der Waals surface area contributed by atoms with Crippen LogP contribution in [0.25, 0.3) is 0 Å². The Bertz CT molecular complexity index is 771. The number of benzene rings is 2. The maximum atomic E-state index is 12.2. The van der Waals surface area contributed by atoms with E-state index in [1.807, 2.05) is 19.1 Å². The maximum absolute atomic E-state index is 12.2. The van der Waals surface area contributed by atoms with Gasteiger partial charge < -0.3 is 4.74 Å². The van der Waals surface area contributed by atoms with Crippen LogP contribution in [0.1, 0.15) is 11.1 Å². The van der Waals surface area contributed by atoms with E-state index in [0.717, 1.165) is 23.3 Å². The second kappa shape index (κ2) is 6.59. The zero-order valence-electron chi connectivity index (χ0n) is 12.1. The number of halogens is 3. The van der Waals surface area contributed by atoms with Crippen LogP contribution in [0.2, 0.25) is 0 Å². The third kappa shape index (κ3) is 5.26. The highest BCUT2D eigenvalue weighted by atomic mass is 32.2. The van der Waals surface area contributed by atoms with Gasteiger partial charge in [-0.25, -0.2) is 13.1 Å². The molecular formula is C15H14F3NO3S. The molecule has 0 aromatic heterocycles. The fourth-order valence-electron chi connectivity index (χ4n) is 1.81. The number of hydrogen-bond acceptors (Lipinski definition) is 3. The summed E-state index contributed by atoms with van der Waals surface area (Å²) < 4.78 is 66.9. The van der Waals surface area contributed by atoms with Crippen LogP contribution >= 0.6 is 0 Å². The molecular weight excluding hydrogens is 331 g/mol. The highest BCUT2D eigenvalue weighted by molar-refractivity contribution is 7.89. The van der Waals surface area contributed by atoms with Gasteiger partial charge in [0, 0.05) is 12.6 Å². The van der Waals surface area contributed by atoms with Crippen LogP contribution < -0.4 is 9.46 Å². The van der Waals surface area contributed by atoms with Crippen molar-refractivity contribution in [2.45, 2.75) is 24.7 Å². The van der Waals surface area contributed by atoms with Crippen molar-refractivity contribution < 1.29 is 26.3 Å². The molecule has 0 amide bonds. The Morgan fingerprint density at radius 3 is 2.35 bits per heavy atom. The molecule has 8 heteroatoms. The van der Waals surface area contributed by atoms with Crippen molar-refractivity contribution in [3.05, 3.63) is 59.7 Å². The van der Waals surface area contributed by atoms with Crippen LogP contribution in [0, 0.1) is 6.92 Å². The summed E-state index contributed by atoms with van der Waals surface area (Å²) >= 11 is 0. The number of ether oxygens (including phenoxy) is 1. The highest BCUT2D eigenvalue weighted by Gasteiger charge is 2.31. The van der Waals surface area contributed by atoms with Crippen molar-refractivity contribution >= 4 is 10.0 Å². The lowest BCUT2D eigenvalue weighted by atomic mass is 10.2. The van der Waals surface area contributed by atoms with Crippen LogP contribution in [-0.2, 0) is 16.6 Å². The number of sulfonamides is 1. The molecule has 0 aliphatic heterocycles. The first-order chi connectivity index (χ1) is 10.7. The van der Waals surface area contributed by atoms with Crippen molar-refractivity contribution in [1.29, 1.82) is 0 Å². The molecule has 0 radical (unpaired) electrons. The van der Waals surface area contributed by atoms with Gasteiger partial charge in [-0.3, -0.25) is 0 Å². The Hall–Kier alpha value is -2.06. The zero-order chi connectivity index (χ0) is 17.1. The summed E-state index contributed by atoms with van der Waals surface area (Å²) in [6.07, 6.45) is -4.88. The van der Waals surface area contributed by atoms with Crippen molar-refractivity contribution in [2.75, 3.05) is 0 Å². The van der Waals surface area contributed by atoms with Crippen LogP contribution in [0.15, 0.2) is 53.4 Å². The van der Waals surface area contributed by atoms with E-state index in [1.165, 1.54) is 12.1 Å². The van der Waals surface area contributed by atoms with E-state index in [-0.39, 0.29) is 11.4 Å². The first kappa shape index (κ1) is 17.3. The van der Waals surface area contributed by atoms with Crippen LogP contribution in [0.5, 0.6) is 5.75 Å². The number of nitrogens with one attached hydrogen (secondary N) is 1. The molecule has 0 aliphatic rings. The third-order valence-electron chi connectivity index (χ3n) is 2.94. The van der Waals surface area contributed by atoms with Gasteiger partial charge in [0.15, 0.2) is 0 Å². The predicted molar refractivity (Wildman–Crippen MR) is 78.3 cm³/mol. The second-order valence-corrected chi connectivity index (χ2v) is 6.60. The van der Waals surface area contributed by atoms with Crippen molar-refractivity contribution in [1.82, 2.24) is 4.72 Å². The van der Waals surface area contributed by atoms with Gasteiger partial charge in [-0.05, 0) is 24.6 Å². The average Bonchev–Trinajstić information content (AvgIpc) is 2.45. The summed E-state index contributed by atoms with van der Waals surface area (Å²) in [5.74, 6) is -0.587. The van der Waals surface area contributed by atoms with Gasteiger partial charge in [0.25, 0.3) is 0 Å². The topological polar surface area (TPSA) is 55.4 Å². The van der Waals surface area contributed by atoms with Gasteiger partial charge in [-0.1, -0.05) is 35.9 Å². The van der Waals surface area contributed by atoms with Gasteiger partial charge in [-0.2, -0.15) is 0 Å². The molecule has 124 valence electrons. The molecule has 0 unspecified atom stereocenters. The molecule has 23 heavy (non-hydrogen) atoms. The van der Waals surface area contributed by atoms with Gasteiger partial charge in [0.05, 0.1) is 4.90 Å². The summed E-state index contributed by atoms with van der Waals surface area (Å²) in [5.41, 5.74) is 1.77. The van der Waals surface area contributed by atoms with E-state index in [9.17, 15) is 21.6 Å². The van der Waals surface area contributed by atoms with Gasteiger partial charge in [-0.15, -0.1) is 13.2 Å². The monoisotopic (exact) mass is 345 g/mol. The second-order valence-electron chi connectivity index (χ2n) is 4.83. The van der Waals surface area contributed by atoms with E-state index in [0.29, 0.717) is 0 Å². The SMILES string of the molecule is Cc1ccc(CNS(=O)(=O)c2cccc(OC(F)(F)F)c2)cc1. The van der Waals surface area contributed by atoms with Crippen molar-refractivity contribution in [2.24, 2.45) is 0 Å². The van der Waals surface area contributed by atoms with Gasteiger partial charge in [0.1, 0.15) is 5.75 Å². The normalized spacial score (nSPS) is 12.2. The summed E-state index contributed by atoms with van der Waals surface area (Å²) in [6.45, 7) is 1.94. The lowest BCUT2D eigenvalue weighted by molar-refractivity contribution is -0.274. The summed E-state index contributed by atoms with van der Waals surface area (Å²) in [6, 6.07) is 11.4. The van der Waals surface area contributed by atoms with Crippen LogP contribution in [0.3, 0.4) is 0 Å².